The summed E-state index contributed by atoms with van der Waals surface area (Å²) in [6.45, 7) is 13.0. The first kappa shape index (κ1) is 25.3. The standard InChI is InChI=1S/C36H34BNO2/c1-34(2)31-20-24(28-13-9-11-23-10-7-8-12-27(23)28)14-17-29(31)30-18-15-25(21-32(30)34)33-19-16-26(22-38-33)37-39-35(3,4)36(5,6)40-37/h7-22H,1-6H3. The van der Waals surface area contributed by atoms with Crippen LogP contribution in [0.4, 0.5) is 0 Å². The van der Waals surface area contributed by atoms with Crippen LogP contribution in [-0.4, -0.2) is 23.3 Å². The predicted octanol–water partition coefficient (Wildman–Crippen LogP) is 8.17. The molecule has 4 aromatic carbocycles. The van der Waals surface area contributed by atoms with Crippen molar-refractivity contribution >= 4 is 23.4 Å². The number of hydrogen-bond acceptors (Lipinski definition) is 3. The number of nitrogens with zero attached hydrogens (tertiary/aromatic N) is 1. The van der Waals surface area contributed by atoms with Crippen molar-refractivity contribution in [3.8, 4) is 33.5 Å². The average Bonchev–Trinajstić information content (AvgIpc) is 3.31. The Hall–Kier alpha value is -3.73. The monoisotopic (exact) mass is 523 g/mol. The van der Waals surface area contributed by atoms with Gasteiger partial charge in [0.15, 0.2) is 0 Å². The summed E-state index contributed by atoms with van der Waals surface area (Å²) >= 11 is 0. The zero-order valence-electron chi connectivity index (χ0n) is 24.1. The molecule has 1 fully saturated rings. The van der Waals surface area contributed by atoms with Crippen LogP contribution >= 0.6 is 0 Å². The molecule has 2 heterocycles. The SMILES string of the molecule is CC1(C)c2cc(-c3ccc(B4OC(C)(C)C(C)(C)O4)cn3)ccc2-c2ccc(-c3cccc4ccccc34)cc21. The van der Waals surface area contributed by atoms with E-state index in [1.54, 1.807) is 0 Å². The first-order valence-electron chi connectivity index (χ1n) is 14.1. The van der Waals surface area contributed by atoms with Gasteiger partial charge >= 0.3 is 7.12 Å². The van der Waals surface area contributed by atoms with Gasteiger partial charge in [-0.2, -0.15) is 0 Å². The molecule has 0 spiro atoms. The van der Waals surface area contributed by atoms with E-state index in [9.17, 15) is 0 Å². The van der Waals surface area contributed by atoms with E-state index in [0.29, 0.717) is 0 Å². The fraction of sp³-hybridized carbons (Fsp3) is 0.250. The molecule has 0 amide bonds. The van der Waals surface area contributed by atoms with Crippen molar-refractivity contribution in [2.24, 2.45) is 0 Å². The molecular formula is C36H34BNO2. The van der Waals surface area contributed by atoms with E-state index in [0.717, 1.165) is 16.7 Å². The number of rotatable bonds is 3. The van der Waals surface area contributed by atoms with Crippen molar-refractivity contribution in [3.05, 3.63) is 108 Å². The fourth-order valence-corrected chi connectivity index (χ4v) is 6.24. The minimum atomic E-state index is -0.407. The molecule has 1 saturated heterocycles. The normalized spacial score (nSPS) is 18.1. The van der Waals surface area contributed by atoms with Crippen LogP contribution in [0.25, 0.3) is 44.3 Å². The van der Waals surface area contributed by atoms with Crippen LogP contribution in [0.5, 0.6) is 0 Å². The Morgan fingerprint density at radius 3 is 1.90 bits per heavy atom. The van der Waals surface area contributed by atoms with Crippen molar-refractivity contribution in [1.82, 2.24) is 4.98 Å². The smallest absolute Gasteiger partial charge is 0.399 e. The summed E-state index contributed by atoms with van der Waals surface area (Å²) in [7, 11) is -0.407. The lowest BCUT2D eigenvalue weighted by molar-refractivity contribution is 0.00578. The fourth-order valence-electron chi connectivity index (χ4n) is 6.24. The lowest BCUT2D eigenvalue weighted by Crippen LogP contribution is -2.41. The Morgan fingerprint density at radius 1 is 0.600 bits per heavy atom. The van der Waals surface area contributed by atoms with Crippen molar-refractivity contribution in [2.45, 2.75) is 58.2 Å². The molecular weight excluding hydrogens is 489 g/mol. The van der Waals surface area contributed by atoms with Gasteiger partial charge in [-0.1, -0.05) is 86.6 Å². The summed E-state index contributed by atoms with van der Waals surface area (Å²) in [5.41, 5.74) is 10.0. The van der Waals surface area contributed by atoms with Crippen molar-refractivity contribution < 1.29 is 9.31 Å². The minimum Gasteiger partial charge on any atom is -0.399 e. The number of pyridine rings is 1. The highest BCUT2D eigenvalue weighted by Gasteiger charge is 2.51. The molecule has 5 aromatic rings. The average molecular weight is 523 g/mol. The van der Waals surface area contributed by atoms with Gasteiger partial charge < -0.3 is 9.31 Å². The molecule has 198 valence electrons. The first-order valence-corrected chi connectivity index (χ1v) is 14.1. The van der Waals surface area contributed by atoms with Gasteiger partial charge in [0.05, 0.1) is 16.9 Å². The quantitative estimate of drug-likeness (QED) is 0.224. The Morgan fingerprint density at radius 2 is 1.23 bits per heavy atom. The third-order valence-corrected chi connectivity index (χ3v) is 9.38. The first-order chi connectivity index (χ1) is 19.0. The highest BCUT2D eigenvalue weighted by Crippen LogP contribution is 2.50. The molecule has 0 bridgehead atoms. The van der Waals surface area contributed by atoms with Crippen LogP contribution in [0.3, 0.4) is 0 Å². The van der Waals surface area contributed by atoms with E-state index in [4.69, 9.17) is 14.3 Å². The van der Waals surface area contributed by atoms with E-state index < -0.39 is 7.12 Å². The molecule has 4 heteroatoms. The third-order valence-electron chi connectivity index (χ3n) is 9.38. The molecule has 3 nitrogen and oxygen atoms in total. The van der Waals surface area contributed by atoms with E-state index in [-0.39, 0.29) is 16.6 Å². The van der Waals surface area contributed by atoms with Gasteiger partial charge in [-0.3, -0.25) is 4.98 Å². The second kappa shape index (κ2) is 8.64. The van der Waals surface area contributed by atoms with Crippen molar-refractivity contribution in [1.29, 1.82) is 0 Å². The van der Waals surface area contributed by atoms with E-state index in [1.165, 1.54) is 44.2 Å². The molecule has 0 atom stereocenters. The van der Waals surface area contributed by atoms with Gasteiger partial charge in [0.25, 0.3) is 0 Å². The molecule has 1 aliphatic heterocycles. The summed E-state index contributed by atoms with van der Waals surface area (Å²) in [4.78, 5) is 4.83. The van der Waals surface area contributed by atoms with Gasteiger partial charge in [-0.25, -0.2) is 0 Å². The van der Waals surface area contributed by atoms with E-state index >= 15 is 0 Å². The largest absolute Gasteiger partial charge is 0.496 e. The van der Waals surface area contributed by atoms with Crippen LogP contribution in [0.15, 0.2) is 97.2 Å². The zero-order chi connectivity index (χ0) is 27.9. The lowest BCUT2D eigenvalue weighted by atomic mass is 9.79. The molecule has 2 aliphatic rings. The van der Waals surface area contributed by atoms with E-state index in [1.807, 2.05) is 6.20 Å². The van der Waals surface area contributed by atoms with Gasteiger partial charge in [-0.15, -0.1) is 0 Å². The highest BCUT2D eigenvalue weighted by atomic mass is 16.7. The molecule has 1 aliphatic carbocycles. The van der Waals surface area contributed by atoms with Crippen LogP contribution < -0.4 is 5.46 Å². The summed E-state index contributed by atoms with van der Waals surface area (Å²) < 4.78 is 12.4. The maximum atomic E-state index is 6.22. The van der Waals surface area contributed by atoms with Gasteiger partial charge in [0, 0.05) is 22.6 Å². The van der Waals surface area contributed by atoms with E-state index in [2.05, 4.69) is 133 Å². The van der Waals surface area contributed by atoms with Gasteiger partial charge in [0.2, 0.25) is 0 Å². The molecule has 0 N–H and O–H groups in total. The lowest BCUT2D eigenvalue weighted by Gasteiger charge is -2.32. The maximum absolute atomic E-state index is 6.22. The molecule has 0 radical (unpaired) electrons. The molecule has 7 rings (SSSR count). The molecule has 0 unspecified atom stereocenters. The maximum Gasteiger partial charge on any atom is 0.496 e. The Balaban J connectivity index is 1.22. The minimum absolute atomic E-state index is 0.121. The van der Waals surface area contributed by atoms with Gasteiger partial charge in [-0.05, 0) is 90.0 Å². The zero-order valence-corrected chi connectivity index (χ0v) is 24.1. The second-order valence-corrected chi connectivity index (χ2v) is 12.7. The Bertz CT molecular complexity index is 1760. The summed E-state index contributed by atoms with van der Waals surface area (Å²) in [5.74, 6) is 0. The van der Waals surface area contributed by atoms with Crippen LogP contribution in [-0.2, 0) is 14.7 Å². The Kier molecular flexibility index (Phi) is 5.45. The highest BCUT2D eigenvalue weighted by molar-refractivity contribution is 6.62. The Labute approximate surface area is 237 Å². The molecule has 0 saturated carbocycles. The molecule has 40 heavy (non-hydrogen) atoms. The number of benzene rings is 4. The summed E-state index contributed by atoms with van der Waals surface area (Å²) in [5, 5.41) is 2.56. The summed E-state index contributed by atoms with van der Waals surface area (Å²) in [6.07, 6.45) is 1.89. The number of aromatic nitrogens is 1. The van der Waals surface area contributed by atoms with Gasteiger partial charge in [0.1, 0.15) is 0 Å². The number of hydrogen-bond donors (Lipinski definition) is 0. The topological polar surface area (TPSA) is 31.4 Å². The number of fused-ring (bicyclic) bond motifs is 4. The van der Waals surface area contributed by atoms with Crippen LogP contribution in [0, 0.1) is 0 Å². The van der Waals surface area contributed by atoms with Crippen LogP contribution in [0.2, 0.25) is 0 Å². The van der Waals surface area contributed by atoms with Crippen LogP contribution in [0.1, 0.15) is 52.7 Å². The predicted molar refractivity (Wildman–Crippen MR) is 166 cm³/mol. The molecule has 1 aromatic heterocycles. The van der Waals surface area contributed by atoms with Crippen molar-refractivity contribution in [2.75, 3.05) is 0 Å². The van der Waals surface area contributed by atoms with Crippen molar-refractivity contribution in [3.63, 3.8) is 0 Å². The summed E-state index contributed by atoms with van der Waals surface area (Å²) in [6, 6.07) is 33.1. The second-order valence-electron chi connectivity index (χ2n) is 12.7. The third kappa shape index (κ3) is 3.77.